The van der Waals surface area contributed by atoms with Crippen molar-refractivity contribution in [2.75, 3.05) is 6.54 Å². The third kappa shape index (κ3) is 3.31. The zero-order valence-corrected chi connectivity index (χ0v) is 17.7. The van der Waals surface area contributed by atoms with Gasteiger partial charge in [0.05, 0.1) is 20.9 Å². The minimum Gasteiger partial charge on any atom is -0.485 e. The molecule has 1 N–H and O–H groups in total. The van der Waals surface area contributed by atoms with Gasteiger partial charge in [0.25, 0.3) is 0 Å². The number of aliphatic hydroxyl groups is 1. The van der Waals surface area contributed by atoms with Gasteiger partial charge in [-0.15, -0.1) is 0 Å². The minimum atomic E-state index is -3.88. The molecule has 29 heavy (non-hydrogen) atoms. The fraction of sp³-hybridized carbons (Fsp3) is 0.381. The minimum absolute atomic E-state index is 0.0336. The molecule has 1 saturated heterocycles. The molecule has 2 heterocycles. The quantitative estimate of drug-likeness (QED) is 0.799. The van der Waals surface area contributed by atoms with Crippen molar-refractivity contribution < 1.29 is 23.1 Å². The molecule has 2 atom stereocenters. The Kier molecular flexibility index (Phi) is 4.88. The average Bonchev–Trinajstić information content (AvgIpc) is 3.08. The summed E-state index contributed by atoms with van der Waals surface area (Å²) in [6, 6.07) is 10.2. The number of rotatable bonds is 3. The molecule has 0 spiro atoms. The maximum atomic E-state index is 13.2. The van der Waals surface area contributed by atoms with Crippen LogP contribution in [0.1, 0.15) is 38.3 Å². The number of fused-ring (bicyclic) bond motifs is 1. The fourth-order valence-electron chi connectivity index (χ4n) is 4.00. The van der Waals surface area contributed by atoms with Crippen LogP contribution in [0.15, 0.2) is 52.3 Å². The van der Waals surface area contributed by atoms with E-state index in [9.17, 15) is 18.3 Å². The maximum Gasteiger partial charge on any atom is 0.223 e. The summed E-state index contributed by atoms with van der Waals surface area (Å²) in [5, 5.41) is 11.0. The average molecular weight is 436 g/mol. The van der Waals surface area contributed by atoms with Gasteiger partial charge in [0.15, 0.2) is 0 Å². The van der Waals surface area contributed by atoms with E-state index >= 15 is 0 Å². The van der Waals surface area contributed by atoms with Gasteiger partial charge in [-0.05, 0) is 38.5 Å². The Morgan fingerprint density at radius 3 is 2.52 bits per heavy atom. The van der Waals surface area contributed by atoms with E-state index in [4.69, 9.17) is 16.3 Å². The number of benzene rings is 2. The highest BCUT2D eigenvalue weighted by Crippen LogP contribution is 2.47. The standard InChI is InChI=1S/C21H22ClNO5S/c1-21(2)20(25)19(23-10-6-9-18(23)24)14-11-17(15(22)12-16(14)28-21)29(26,27)13-7-4-3-5-8-13/h3-5,7-8,11-12,19-20,25H,6,9-10H2,1-2H3/t19-,20+/m0/s1. The third-order valence-electron chi connectivity index (χ3n) is 5.56. The molecular formula is C21H22ClNO5S. The van der Waals surface area contributed by atoms with Crippen LogP contribution < -0.4 is 4.74 Å². The molecule has 1 fully saturated rings. The van der Waals surface area contributed by atoms with Crippen molar-refractivity contribution in [2.24, 2.45) is 0 Å². The number of sulfone groups is 1. The lowest BCUT2D eigenvalue weighted by Crippen LogP contribution is -2.53. The lowest BCUT2D eigenvalue weighted by molar-refractivity contribution is -0.139. The van der Waals surface area contributed by atoms with Crippen molar-refractivity contribution >= 4 is 27.3 Å². The molecule has 1 amide bonds. The van der Waals surface area contributed by atoms with E-state index in [2.05, 4.69) is 0 Å². The summed E-state index contributed by atoms with van der Waals surface area (Å²) in [4.78, 5) is 14.1. The molecule has 0 saturated carbocycles. The van der Waals surface area contributed by atoms with Gasteiger partial charge in [0.1, 0.15) is 17.5 Å². The van der Waals surface area contributed by atoms with Gasteiger partial charge >= 0.3 is 0 Å². The van der Waals surface area contributed by atoms with Crippen LogP contribution in [0.5, 0.6) is 5.75 Å². The van der Waals surface area contributed by atoms with Crippen LogP contribution in [0.2, 0.25) is 5.02 Å². The number of hydrogen-bond acceptors (Lipinski definition) is 5. The van der Waals surface area contributed by atoms with Gasteiger partial charge in [-0.3, -0.25) is 4.79 Å². The molecule has 0 aliphatic carbocycles. The van der Waals surface area contributed by atoms with Crippen molar-refractivity contribution in [1.82, 2.24) is 4.90 Å². The van der Waals surface area contributed by atoms with E-state index in [1.54, 1.807) is 36.9 Å². The van der Waals surface area contributed by atoms with Crippen molar-refractivity contribution in [2.45, 2.75) is 54.2 Å². The van der Waals surface area contributed by atoms with Crippen molar-refractivity contribution in [3.8, 4) is 5.75 Å². The first-order valence-corrected chi connectivity index (χ1v) is 11.3. The molecule has 2 aliphatic rings. The van der Waals surface area contributed by atoms with Gasteiger partial charge in [-0.25, -0.2) is 8.42 Å². The van der Waals surface area contributed by atoms with Crippen LogP contribution in [-0.4, -0.2) is 42.6 Å². The normalized spacial score (nSPS) is 23.6. The van der Waals surface area contributed by atoms with Gasteiger partial charge in [-0.2, -0.15) is 0 Å². The zero-order valence-electron chi connectivity index (χ0n) is 16.1. The molecule has 2 aromatic carbocycles. The number of amides is 1. The van der Waals surface area contributed by atoms with Crippen LogP contribution in [-0.2, 0) is 14.6 Å². The van der Waals surface area contributed by atoms with E-state index < -0.39 is 27.6 Å². The number of carbonyl (C=O) groups is 1. The summed E-state index contributed by atoms with van der Waals surface area (Å²) >= 11 is 6.36. The second-order valence-corrected chi connectivity index (χ2v) is 10.2. The molecule has 4 rings (SSSR count). The maximum absolute atomic E-state index is 13.2. The molecule has 2 aromatic rings. The van der Waals surface area contributed by atoms with E-state index in [0.717, 1.165) is 0 Å². The summed E-state index contributed by atoms with van der Waals surface area (Å²) in [7, 11) is -3.88. The topological polar surface area (TPSA) is 83.9 Å². The molecule has 2 aliphatic heterocycles. The Balaban J connectivity index is 1.90. The van der Waals surface area contributed by atoms with Crippen LogP contribution in [0, 0.1) is 0 Å². The van der Waals surface area contributed by atoms with Crippen LogP contribution >= 0.6 is 11.6 Å². The Bertz CT molecular complexity index is 1070. The fourth-order valence-corrected chi connectivity index (χ4v) is 5.82. The summed E-state index contributed by atoms with van der Waals surface area (Å²) in [6.45, 7) is 3.97. The van der Waals surface area contributed by atoms with Crippen molar-refractivity contribution in [3.63, 3.8) is 0 Å². The van der Waals surface area contributed by atoms with E-state index in [1.165, 1.54) is 24.3 Å². The van der Waals surface area contributed by atoms with Crippen molar-refractivity contribution in [3.05, 3.63) is 53.1 Å². The highest BCUT2D eigenvalue weighted by atomic mass is 35.5. The molecule has 0 unspecified atom stereocenters. The van der Waals surface area contributed by atoms with Crippen LogP contribution in [0.4, 0.5) is 0 Å². The number of halogens is 1. The summed E-state index contributed by atoms with van der Waals surface area (Å²) in [5.74, 6) is 0.308. The Morgan fingerprint density at radius 1 is 1.21 bits per heavy atom. The largest absolute Gasteiger partial charge is 0.485 e. The van der Waals surface area contributed by atoms with Gasteiger partial charge in [0, 0.05) is 24.6 Å². The zero-order chi connectivity index (χ0) is 21.0. The molecule has 154 valence electrons. The lowest BCUT2D eigenvalue weighted by Gasteiger charge is -2.45. The number of likely N-dealkylation sites (tertiary alicyclic amines) is 1. The third-order valence-corrected chi connectivity index (χ3v) is 7.79. The molecule has 0 radical (unpaired) electrons. The van der Waals surface area contributed by atoms with E-state index in [-0.39, 0.29) is 20.7 Å². The first-order valence-electron chi connectivity index (χ1n) is 9.43. The highest BCUT2D eigenvalue weighted by Gasteiger charge is 2.48. The number of nitrogens with zero attached hydrogens (tertiary/aromatic N) is 1. The van der Waals surface area contributed by atoms with Gasteiger partial charge < -0.3 is 14.7 Å². The van der Waals surface area contributed by atoms with Gasteiger partial charge in [-0.1, -0.05) is 29.8 Å². The highest BCUT2D eigenvalue weighted by molar-refractivity contribution is 7.91. The first-order chi connectivity index (χ1) is 13.6. The molecule has 0 aromatic heterocycles. The predicted molar refractivity (Wildman–Crippen MR) is 108 cm³/mol. The molecule has 0 bridgehead atoms. The summed E-state index contributed by atoms with van der Waals surface area (Å²) in [5.41, 5.74) is -0.519. The second kappa shape index (κ2) is 7.00. The number of aliphatic hydroxyl groups excluding tert-OH is 1. The van der Waals surface area contributed by atoms with Crippen molar-refractivity contribution in [1.29, 1.82) is 0 Å². The molecular weight excluding hydrogens is 414 g/mol. The van der Waals surface area contributed by atoms with E-state index in [0.29, 0.717) is 30.7 Å². The smallest absolute Gasteiger partial charge is 0.223 e. The number of ether oxygens (including phenoxy) is 1. The van der Waals surface area contributed by atoms with Crippen LogP contribution in [0.3, 0.4) is 0 Å². The predicted octanol–water partition coefficient (Wildman–Crippen LogP) is 3.37. The molecule has 6 nitrogen and oxygen atoms in total. The number of hydrogen-bond donors (Lipinski definition) is 1. The Hall–Kier alpha value is -2.09. The molecule has 8 heteroatoms. The first kappa shape index (κ1) is 20.2. The van der Waals surface area contributed by atoms with Crippen LogP contribution in [0.25, 0.3) is 0 Å². The van der Waals surface area contributed by atoms with E-state index in [1.807, 2.05) is 0 Å². The SMILES string of the molecule is CC1(C)Oc2cc(Cl)c(S(=O)(=O)c3ccccc3)cc2[C@H](N2CCCC2=O)[C@H]1O. The monoisotopic (exact) mass is 435 g/mol. The number of carbonyl (C=O) groups excluding carboxylic acids is 1. The summed E-state index contributed by atoms with van der Waals surface area (Å²) < 4.78 is 32.3. The second-order valence-electron chi connectivity index (χ2n) is 7.92. The summed E-state index contributed by atoms with van der Waals surface area (Å²) in [6.07, 6.45) is 0.0785. The van der Waals surface area contributed by atoms with Gasteiger partial charge in [0.2, 0.25) is 15.7 Å². The Morgan fingerprint density at radius 2 is 1.90 bits per heavy atom. The Labute approximate surface area is 175 Å². The lowest BCUT2D eigenvalue weighted by atomic mass is 9.85.